The molecule has 0 aromatic carbocycles. The molecule has 172 valence electrons. The molecule has 0 aromatic heterocycles. The molecule has 0 aliphatic carbocycles. The highest BCUT2D eigenvalue weighted by Gasteiger charge is 2.28. The molecule has 12 heteroatoms. The summed E-state index contributed by atoms with van der Waals surface area (Å²) in [6, 6.07) is -4.90. The van der Waals surface area contributed by atoms with Crippen LogP contribution in [0.25, 0.3) is 0 Å². The predicted molar refractivity (Wildman–Crippen MR) is 114 cm³/mol. The third kappa shape index (κ3) is 9.92. The van der Waals surface area contributed by atoms with E-state index in [4.69, 9.17) is 10.8 Å². The Morgan fingerprint density at radius 2 is 1.20 bits per heavy atom. The molecule has 0 radical (unpaired) electrons. The Balaban J connectivity index is 5.03. The van der Waals surface area contributed by atoms with Gasteiger partial charge in [-0.2, -0.15) is 12.6 Å². The van der Waals surface area contributed by atoms with Crippen LogP contribution in [0.15, 0.2) is 0 Å². The van der Waals surface area contributed by atoms with Crippen LogP contribution in [0.3, 0.4) is 0 Å². The zero-order valence-corrected chi connectivity index (χ0v) is 18.8. The van der Waals surface area contributed by atoms with E-state index in [1.807, 2.05) is 13.8 Å². The number of hydrogen-bond acceptors (Lipinski definition) is 7. The predicted octanol–water partition coefficient (Wildman–Crippen LogP) is -1.63. The molecule has 30 heavy (non-hydrogen) atoms. The third-order valence-corrected chi connectivity index (χ3v) is 4.50. The highest BCUT2D eigenvalue weighted by atomic mass is 32.1. The summed E-state index contributed by atoms with van der Waals surface area (Å²) in [5, 5.41) is 18.6. The van der Waals surface area contributed by atoms with Crippen molar-refractivity contribution in [1.29, 1.82) is 0 Å². The molecule has 0 heterocycles. The molecule has 7 N–H and O–H groups in total. The van der Waals surface area contributed by atoms with Gasteiger partial charge in [0.2, 0.25) is 23.6 Å². The number of nitrogens with two attached hydrogens (primary N) is 1. The Bertz CT molecular complexity index is 645. The SMILES string of the molecule is CC(C)C[C@H](NC(=O)[C@H](C)NC(=O)[C@@H](N)CS)C(=O)N[C@@H](C)C(=O)N[C@@H](C)C(=O)O. The lowest BCUT2D eigenvalue weighted by Crippen LogP contribution is -2.57. The number of amides is 4. The molecule has 0 bridgehead atoms. The first-order chi connectivity index (χ1) is 13.8. The van der Waals surface area contributed by atoms with Gasteiger partial charge in [-0.3, -0.25) is 24.0 Å². The molecule has 0 aliphatic heterocycles. The Morgan fingerprint density at radius 1 is 0.767 bits per heavy atom. The van der Waals surface area contributed by atoms with Gasteiger partial charge in [0.25, 0.3) is 0 Å². The summed E-state index contributed by atoms with van der Waals surface area (Å²) in [4.78, 5) is 59.7. The Morgan fingerprint density at radius 3 is 1.63 bits per heavy atom. The number of hydrogen-bond donors (Lipinski definition) is 7. The average molecular weight is 448 g/mol. The maximum absolute atomic E-state index is 12.6. The second-order valence-electron chi connectivity index (χ2n) is 7.51. The van der Waals surface area contributed by atoms with Crippen LogP contribution in [-0.4, -0.2) is 70.7 Å². The van der Waals surface area contributed by atoms with Crippen molar-refractivity contribution in [3.63, 3.8) is 0 Å². The van der Waals surface area contributed by atoms with Crippen LogP contribution in [0.4, 0.5) is 0 Å². The summed E-state index contributed by atoms with van der Waals surface area (Å²) in [5.74, 6) is -3.47. The van der Waals surface area contributed by atoms with Crippen molar-refractivity contribution >= 4 is 42.2 Å². The fraction of sp³-hybridized carbons (Fsp3) is 0.722. The van der Waals surface area contributed by atoms with Gasteiger partial charge in [0.05, 0.1) is 6.04 Å². The number of carboxylic acid groups (broad SMARTS) is 1. The quantitative estimate of drug-likeness (QED) is 0.175. The summed E-state index contributed by atoms with van der Waals surface area (Å²) in [6.45, 7) is 7.86. The zero-order valence-electron chi connectivity index (χ0n) is 17.9. The number of carboxylic acids is 1. The molecule has 0 unspecified atom stereocenters. The van der Waals surface area contributed by atoms with Crippen LogP contribution in [-0.2, 0) is 24.0 Å². The van der Waals surface area contributed by atoms with Crippen LogP contribution >= 0.6 is 12.6 Å². The summed E-state index contributed by atoms with van der Waals surface area (Å²) < 4.78 is 0. The smallest absolute Gasteiger partial charge is 0.325 e. The highest BCUT2D eigenvalue weighted by Crippen LogP contribution is 2.06. The lowest BCUT2D eigenvalue weighted by Gasteiger charge is -2.24. The largest absolute Gasteiger partial charge is 0.480 e. The second kappa shape index (κ2) is 13.1. The Labute approximate surface area is 181 Å². The Hall–Kier alpha value is -2.34. The number of thiol groups is 1. The van der Waals surface area contributed by atoms with Gasteiger partial charge in [-0.1, -0.05) is 13.8 Å². The van der Waals surface area contributed by atoms with Crippen molar-refractivity contribution in [1.82, 2.24) is 21.3 Å². The van der Waals surface area contributed by atoms with Crippen LogP contribution in [0, 0.1) is 5.92 Å². The number of nitrogens with one attached hydrogen (secondary N) is 4. The molecule has 0 aliphatic rings. The molecule has 4 amide bonds. The van der Waals surface area contributed by atoms with Gasteiger partial charge >= 0.3 is 5.97 Å². The summed E-state index contributed by atoms with van der Waals surface area (Å²) in [7, 11) is 0. The standard InChI is InChI=1S/C18H33N5O6S/c1-8(2)6-13(23-15(25)10(4)20-16(26)12(19)7-30)17(27)21-9(3)14(24)22-11(5)18(28)29/h8-13,30H,6-7,19H2,1-5H3,(H,20,26)(H,21,27)(H,22,24)(H,23,25)(H,28,29)/t9-,10-,11-,12-,13-/m0/s1. The topological polar surface area (TPSA) is 180 Å². The van der Waals surface area contributed by atoms with E-state index in [0.717, 1.165) is 0 Å². The zero-order chi connectivity index (χ0) is 23.6. The number of carbonyl (C=O) groups excluding carboxylic acids is 4. The molecule has 0 saturated carbocycles. The molecular formula is C18H33N5O6S. The molecule has 5 atom stereocenters. The van der Waals surface area contributed by atoms with E-state index in [0.29, 0.717) is 0 Å². The van der Waals surface area contributed by atoms with Gasteiger partial charge in [-0.25, -0.2) is 0 Å². The summed E-state index contributed by atoms with van der Waals surface area (Å²) in [6.07, 6.45) is 0.286. The minimum atomic E-state index is -1.21. The Kier molecular flexibility index (Phi) is 12.0. The van der Waals surface area contributed by atoms with E-state index in [9.17, 15) is 24.0 Å². The van der Waals surface area contributed by atoms with Crippen molar-refractivity contribution in [2.75, 3.05) is 5.75 Å². The maximum atomic E-state index is 12.6. The van der Waals surface area contributed by atoms with Crippen molar-refractivity contribution in [2.45, 2.75) is 71.2 Å². The number of aliphatic carboxylic acids is 1. The van der Waals surface area contributed by atoms with Crippen LogP contribution in [0.5, 0.6) is 0 Å². The summed E-state index contributed by atoms with van der Waals surface area (Å²) >= 11 is 3.92. The van der Waals surface area contributed by atoms with Crippen LogP contribution < -0.4 is 27.0 Å². The van der Waals surface area contributed by atoms with Gasteiger partial charge in [-0.15, -0.1) is 0 Å². The van der Waals surface area contributed by atoms with Crippen molar-refractivity contribution < 1.29 is 29.1 Å². The molecule has 0 spiro atoms. The maximum Gasteiger partial charge on any atom is 0.325 e. The molecular weight excluding hydrogens is 414 g/mol. The van der Waals surface area contributed by atoms with Gasteiger partial charge in [-0.05, 0) is 33.1 Å². The number of carbonyl (C=O) groups is 5. The molecule has 0 saturated heterocycles. The van der Waals surface area contributed by atoms with Gasteiger partial charge in [0.15, 0.2) is 0 Å². The normalized spacial score (nSPS) is 15.9. The van der Waals surface area contributed by atoms with Crippen molar-refractivity contribution in [2.24, 2.45) is 11.7 Å². The van der Waals surface area contributed by atoms with E-state index in [1.54, 1.807) is 0 Å². The van der Waals surface area contributed by atoms with E-state index >= 15 is 0 Å². The minimum Gasteiger partial charge on any atom is -0.480 e. The van der Waals surface area contributed by atoms with E-state index in [1.165, 1.54) is 20.8 Å². The third-order valence-electron chi connectivity index (χ3n) is 4.11. The van der Waals surface area contributed by atoms with E-state index < -0.39 is 59.8 Å². The average Bonchev–Trinajstić information content (AvgIpc) is 2.65. The van der Waals surface area contributed by atoms with Gasteiger partial charge in [0.1, 0.15) is 24.2 Å². The van der Waals surface area contributed by atoms with Crippen LogP contribution in [0.2, 0.25) is 0 Å². The van der Waals surface area contributed by atoms with Gasteiger partial charge in [0, 0.05) is 5.75 Å². The molecule has 0 rings (SSSR count). The lowest BCUT2D eigenvalue weighted by atomic mass is 10.0. The van der Waals surface area contributed by atoms with Gasteiger partial charge < -0.3 is 32.1 Å². The fourth-order valence-corrected chi connectivity index (χ4v) is 2.41. The number of rotatable bonds is 12. The van der Waals surface area contributed by atoms with Crippen LogP contribution in [0.1, 0.15) is 41.0 Å². The molecule has 11 nitrogen and oxygen atoms in total. The molecule has 0 aromatic rings. The van der Waals surface area contributed by atoms with Crippen molar-refractivity contribution in [3.8, 4) is 0 Å². The second-order valence-corrected chi connectivity index (χ2v) is 7.87. The lowest BCUT2D eigenvalue weighted by molar-refractivity contribution is -0.141. The molecule has 0 fully saturated rings. The summed E-state index contributed by atoms with van der Waals surface area (Å²) in [5.41, 5.74) is 5.56. The monoisotopic (exact) mass is 447 g/mol. The fourth-order valence-electron chi connectivity index (χ4n) is 2.25. The first-order valence-electron chi connectivity index (χ1n) is 9.60. The van der Waals surface area contributed by atoms with E-state index in [-0.39, 0.29) is 18.1 Å². The highest BCUT2D eigenvalue weighted by molar-refractivity contribution is 7.80. The minimum absolute atomic E-state index is 0.0414. The first kappa shape index (κ1) is 27.7. The van der Waals surface area contributed by atoms with E-state index in [2.05, 4.69) is 33.9 Å². The first-order valence-corrected chi connectivity index (χ1v) is 10.2. The van der Waals surface area contributed by atoms with Crippen molar-refractivity contribution in [3.05, 3.63) is 0 Å².